The van der Waals surface area contributed by atoms with Crippen molar-refractivity contribution in [2.24, 2.45) is 5.41 Å². The number of hydrogen-bond acceptors (Lipinski definition) is 2. The lowest BCUT2D eigenvalue weighted by Gasteiger charge is -2.32. The van der Waals surface area contributed by atoms with Crippen LogP contribution in [0.4, 0.5) is 5.69 Å². The molecule has 5 heteroatoms. The molecule has 0 aliphatic heterocycles. The Morgan fingerprint density at radius 3 is 2.12 bits per heavy atom. The minimum Gasteiger partial charge on any atom is -0.342 e. The molecule has 0 saturated heterocycles. The van der Waals surface area contributed by atoms with Crippen molar-refractivity contribution in [3.05, 3.63) is 72.3 Å². The van der Waals surface area contributed by atoms with E-state index < -0.39 is 0 Å². The summed E-state index contributed by atoms with van der Waals surface area (Å²) in [5.74, 6) is -0.177. The Bertz CT molecular complexity index is 752. The van der Waals surface area contributed by atoms with E-state index in [0.717, 1.165) is 11.3 Å². The fourth-order valence-electron chi connectivity index (χ4n) is 2.22. The van der Waals surface area contributed by atoms with Crippen LogP contribution in [0.3, 0.4) is 0 Å². The fraction of sp³-hybridized carbons (Fsp3) is 0.238. The minimum atomic E-state index is -0.320. The average molecular weight is 368 g/mol. The van der Waals surface area contributed by atoms with Gasteiger partial charge in [-0.3, -0.25) is 4.79 Å². The number of anilines is 1. The van der Waals surface area contributed by atoms with Crippen LogP contribution in [-0.2, 0) is 4.79 Å². The Kier molecular flexibility index (Phi) is 6.92. The zero-order valence-corrected chi connectivity index (χ0v) is 16.1. The predicted molar refractivity (Wildman–Crippen MR) is 113 cm³/mol. The molecule has 2 aromatic carbocycles. The van der Waals surface area contributed by atoms with Gasteiger partial charge in [0.05, 0.1) is 0 Å². The molecule has 26 heavy (non-hydrogen) atoms. The summed E-state index contributed by atoms with van der Waals surface area (Å²) in [6.07, 6.45) is 3.00. The second-order valence-electron chi connectivity index (χ2n) is 7.02. The first kappa shape index (κ1) is 19.7. The lowest BCUT2D eigenvalue weighted by Crippen LogP contribution is -2.55. The van der Waals surface area contributed by atoms with Crippen LogP contribution in [0.2, 0.25) is 0 Å². The van der Waals surface area contributed by atoms with E-state index in [9.17, 15) is 4.79 Å². The lowest BCUT2D eigenvalue weighted by molar-refractivity contribution is -0.118. The van der Waals surface area contributed by atoms with Crippen molar-refractivity contribution in [1.29, 1.82) is 0 Å². The molecule has 1 unspecified atom stereocenters. The third-order valence-electron chi connectivity index (χ3n) is 3.69. The summed E-state index contributed by atoms with van der Waals surface area (Å²) >= 11 is 5.38. The highest BCUT2D eigenvalue weighted by molar-refractivity contribution is 7.80. The van der Waals surface area contributed by atoms with Gasteiger partial charge in [-0.15, -0.1) is 0 Å². The molecule has 0 aliphatic rings. The Balaban J connectivity index is 1.97. The van der Waals surface area contributed by atoms with Gasteiger partial charge in [0.1, 0.15) is 6.17 Å². The summed E-state index contributed by atoms with van der Waals surface area (Å²) < 4.78 is 0. The second kappa shape index (κ2) is 9.15. The molecule has 0 saturated carbocycles. The molecule has 3 N–H and O–H groups in total. The quantitative estimate of drug-likeness (QED) is 0.422. The second-order valence-corrected chi connectivity index (χ2v) is 7.42. The van der Waals surface area contributed by atoms with E-state index in [-0.39, 0.29) is 17.5 Å². The topological polar surface area (TPSA) is 53.2 Å². The Hall–Kier alpha value is -2.66. The van der Waals surface area contributed by atoms with E-state index >= 15 is 0 Å². The molecule has 2 rings (SSSR count). The van der Waals surface area contributed by atoms with Crippen LogP contribution in [0.15, 0.2) is 66.7 Å². The highest BCUT2D eigenvalue weighted by atomic mass is 32.1. The largest absolute Gasteiger partial charge is 0.342 e. The summed E-state index contributed by atoms with van der Waals surface area (Å²) in [5.41, 5.74) is 1.65. The van der Waals surface area contributed by atoms with Crippen LogP contribution in [-0.4, -0.2) is 17.2 Å². The molecule has 1 amide bonds. The number of carbonyl (C=O) groups is 1. The average Bonchev–Trinajstić information content (AvgIpc) is 2.60. The number of amides is 1. The van der Waals surface area contributed by atoms with Gasteiger partial charge in [-0.1, -0.05) is 69.3 Å². The minimum absolute atomic E-state index is 0.177. The number of thiocarbonyl (C=S) groups is 1. The molecular formula is C21H25N3OS. The van der Waals surface area contributed by atoms with Gasteiger partial charge < -0.3 is 16.0 Å². The molecule has 0 aromatic heterocycles. The highest BCUT2D eigenvalue weighted by Gasteiger charge is 2.26. The molecule has 1 atom stereocenters. The van der Waals surface area contributed by atoms with Crippen molar-refractivity contribution < 1.29 is 4.79 Å². The van der Waals surface area contributed by atoms with Gasteiger partial charge >= 0.3 is 0 Å². The summed E-state index contributed by atoms with van der Waals surface area (Å²) in [5, 5.41) is 9.76. The summed E-state index contributed by atoms with van der Waals surface area (Å²) in [6, 6.07) is 19.4. The number of para-hydroxylation sites is 1. The standard InChI is InChI=1S/C21H25N3OS/c1-21(2,3)19(24-20(26)22-17-12-8-5-9-13-17)23-18(25)15-14-16-10-6-4-7-11-16/h4-15,19H,1-3H3,(H,23,25)(H2,22,24,26)/b15-14+. The van der Waals surface area contributed by atoms with E-state index in [0.29, 0.717) is 5.11 Å². The molecule has 136 valence electrons. The summed E-state index contributed by atoms with van der Waals surface area (Å²) in [7, 11) is 0. The van der Waals surface area contributed by atoms with E-state index in [4.69, 9.17) is 12.2 Å². The van der Waals surface area contributed by atoms with Crippen LogP contribution in [0.25, 0.3) is 6.08 Å². The monoisotopic (exact) mass is 367 g/mol. The molecule has 0 fully saturated rings. The van der Waals surface area contributed by atoms with Crippen LogP contribution >= 0.6 is 12.2 Å². The lowest BCUT2D eigenvalue weighted by atomic mass is 9.92. The van der Waals surface area contributed by atoms with Crippen LogP contribution in [0.1, 0.15) is 26.3 Å². The number of rotatable bonds is 5. The smallest absolute Gasteiger partial charge is 0.245 e. The summed E-state index contributed by atoms with van der Waals surface area (Å²) in [6.45, 7) is 6.12. The Morgan fingerprint density at radius 2 is 1.54 bits per heavy atom. The van der Waals surface area contributed by atoms with E-state index in [1.807, 2.05) is 81.4 Å². The maximum Gasteiger partial charge on any atom is 0.245 e. The van der Waals surface area contributed by atoms with Gasteiger partial charge in [-0.05, 0) is 36.0 Å². The van der Waals surface area contributed by atoms with Crippen molar-refractivity contribution in [1.82, 2.24) is 10.6 Å². The van der Waals surface area contributed by atoms with Gasteiger partial charge in [0, 0.05) is 17.2 Å². The third-order valence-corrected chi connectivity index (χ3v) is 3.91. The van der Waals surface area contributed by atoms with Crippen LogP contribution < -0.4 is 16.0 Å². The molecule has 0 bridgehead atoms. The van der Waals surface area contributed by atoms with Gasteiger partial charge in [0.2, 0.25) is 5.91 Å². The number of hydrogen-bond donors (Lipinski definition) is 3. The molecule has 4 nitrogen and oxygen atoms in total. The Labute approximate surface area is 160 Å². The van der Waals surface area contributed by atoms with E-state index in [2.05, 4.69) is 16.0 Å². The zero-order chi connectivity index (χ0) is 19.0. The molecule has 0 spiro atoms. The first-order valence-corrected chi connectivity index (χ1v) is 8.91. The normalized spacial score (nSPS) is 12.4. The molecule has 2 aromatic rings. The van der Waals surface area contributed by atoms with Crippen molar-refractivity contribution >= 4 is 35.0 Å². The number of nitrogens with one attached hydrogen (secondary N) is 3. The molecule has 0 heterocycles. The highest BCUT2D eigenvalue weighted by Crippen LogP contribution is 2.18. The fourth-order valence-corrected chi connectivity index (χ4v) is 2.45. The molecule has 0 radical (unpaired) electrons. The predicted octanol–water partition coefficient (Wildman–Crippen LogP) is 4.17. The number of carbonyl (C=O) groups excluding carboxylic acids is 1. The van der Waals surface area contributed by atoms with Gasteiger partial charge in [0.25, 0.3) is 0 Å². The van der Waals surface area contributed by atoms with Gasteiger partial charge in [-0.2, -0.15) is 0 Å². The summed E-state index contributed by atoms with van der Waals surface area (Å²) in [4.78, 5) is 12.3. The van der Waals surface area contributed by atoms with Gasteiger partial charge in [-0.25, -0.2) is 0 Å². The van der Waals surface area contributed by atoms with E-state index in [1.54, 1.807) is 6.08 Å². The third kappa shape index (κ3) is 6.69. The van der Waals surface area contributed by atoms with Crippen molar-refractivity contribution in [2.45, 2.75) is 26.9 Å². The SMILES string of the molecule is CC(C)(C)C(NC(=O)/C=C/c1ccccc1)NC(=S)Nc1ccccc1. The molecular weight excluding hydrogens is 342 g/mol. The molecule has 0 aliphatic carbocycles. The van der Waals surface area contributed by atoms with E-state index in [1.165, 1.54) is 6.08 Å². The first-order chi connectivity index (χ1) is 12.3. The number of benzene rings is 2. The first-order valence-electron chi connectivity index (χ1n) is 8.51. The Morgan fingerprint density at radius 1 is 0.962 bits per heavy atom. The van der Waals surface area contributed by atoms with Crippen molar-refractivity contribution in [3.63, 3.8) is 0 Å². The maximum atomic E-state index is 12.3. The van der Waals surface area contributed by atoms with Crippen LogP contribution in [0, 0.1) is 5.41 Å². The van der Waals surface area contributed by atoms with Gasteiger partial charge in [0.15, 0.2) is 5.11 Å². The van der Waals surface area contributed by atoms with Crippen molar-refractivity contribution in [3.8, 4) is 0 Å². The maximum absolute atomic E-state index is 12.3. The zero-order valence-electron chi connectivity index (χ0n) is 15.3. The van der Waals surface area contributed by atoms with Crippen LogP contribution in [0.5, 0.6) is 0 Å². The van der Waals surface area contributed by atoms with Crippen molar-refractivity contribution in [2.75, 3.05) is 5.32 Å².